The molecular weight excluding hydrogens is 358 g/mol. The predicted molar refractivity (Wildman–Crippen MR) is 99.4 cm³/mol. The van der Waals surface area contributed by atoms with Crippen LogP contribution in [-0.2, 0) is 11.2 Å². The third kappa shape index (κ3) is 3.55. The summed E-state index contributed by atoms with van der Waals surface area (Å²) < 4.78 is 1.82. The van der Waals surface area contributed by atoms with E-state index in [0.717, 1.165) is 11.4 Å². The van der Waals surface area contributed by atoms with E-state index in [0.29, 0.717) is 25.2 Å². The minimum Gasteiger partial charge on any atom is -0.335 e. The SMILES string of the molecule is CC1C=C2N(C)C(=O)[C@@H](NC(=O)c3n[nH]c(Cc4ccccc4)n3)CC[N+]2=N1. The first kappa shape index (κ1) is 18.0. The summed E-state index contributed by atoms with van der Waals surface area (Å²) in [4.78, 5) is 31.1. The molecule has 0 aliphatic carbocycles. The zero-order valence-electron chi connectivity index (χ0n) is 15.8. The van der Waals surface area contributed by atoms with E-state index in [1.54, 1.807) is 11.9 Å². The van der Waals surface area contributed by atoms with Crippen LogP contribution < -0.4 is 5.32 Å². The topological polar surface area (TPSA) is 106 Å². The number of hydrogen-bond acceptors (Lipinski definition) is 5. The lowest BCUT2D eigenvalue weighted by Gasteiger charge is -2.14. The van der Waals surface area contributed by atoms with Crippen molar-refractivity contribution >= 4 is 11.8 Å². The maximum Gasteiger partial charge on any atom is 0.332 e. The monoisotopic (exact) mass is 380 g/mol. The summed E-state index contributed by atoms with van der Waals surface area (Å²) in [5.74, 6) is 0.746. The number of carbonyl (C=O) groups is 2. The van der Waals surface area contributed by atoms with Gasteiger partial charge in [0.1, 0.15) is 24.5 Å². The van der Waals surface area contributed by atoms with E-state index < -0.39 is 11.9 Å². The number of nitrogens with zero attached hydrogens (tertiary/aromatic N) is 5. The zero-order valence-corrected chi connectivity index (χ0v) is 15.8. The molecule has 0 bridgehead atoms. The first-order valence-corrected chi connectivity index (χ1v) is 9.25. The first-order chi connectivity index (χ1) is 13.5. The second-order valence-electron chi connectivity index (χ2n) is 6.98. The van der Waals surface area contributed by atoms with Crippen LogP contribution >= 0.6 is 0 Å². The Bertz CT molecular complexity index is 964. The van der Waals surface area contributed by atoms with Crippen molar-refractivity contribution in [2.75, 3.05) is 13.6 Å². The van der Waals surface area contributed by atoms with Crippen LogP contribution in [0.4, 0.5) is 0 Å². The van der Waals surface area contributed by atoms with Crippen molar-refractivity contribution in [1.82, 2.24) is 25.4 Å². The molecule has 0 spiro atoms. The van der Waals surface area contributed by atoms with Crippen LogP contribution in [0.15, 0.2) is 47.3 Å². The number of fused-ring (bicyclic) bond motifs is 1. The maximum absolute atomic E-state index is 12.8. The Hall–Kier alpha value is -3.36. The number of benzene rings is 1. The number of aromatic nitrogens is 3. The normalized spacial score (nSPS) is 21.6. The fourth-order valence-corrected chi connectivity index (χ4v) is 3.41. The van der Waals surface area contributed by atoms with Crippen LogP contribution in [0.25, 0.3) is 0 Å². The molecule has 1 fully saturated rings. The molecule has 2 aliphatic heterocycles. The van der Waals surface area contributed by atoms with Crippen molar-refractivity contribution in [2.24, 2.45) is 5.11 Å². The van der Waals surface area contributed by atoms with Crippen molar-refractivity contribution < 1.29 is 14.3 Å². The van der Waals surface area contributed by atoms with E-state index >= 15 is 0 Å². The Labute approximate surface area is 162 Å². The lowest BCUT2D eigenvalue weighted by atomic mass is 10.1. The molecule has 1 saturated heterocycles. The molecule has 1 aromatic heterocycles. The van der Waals surface area contributed by atoms with Gasteiger partial charge in [-0.15, -0.1) is 14.9 Å². The molecule has 0 radical (unpaired) electrons. The highest BCUT2D eigenvalue weighted by atomic mass is 16.2. The Morgan fingerprint density at radius 1 is 1.36 bits per heavy atom. The highest BCUT2D eigenvalue weighted by Gasteiger charge is 2.40. The molecule has 9 heteroatoms. The molecule has 1 aromatic carbocycles. The van der Waals surface area contributed by atoms with Crippen LogP contribution in [-0.4, -0.2) is 62.3 Å². The second kappa shape index (κ2) is 7.34. The van der Waals surface area contributed by atoms with Crippen LogP contribution in [0.5, 0.6) is 0 Å². The summed E-state index contributed by atoms with van der Waals surface area (Å²) in [6.45, 7) is 2.53. The van der Waals surface area contributed by atoms with Gasteiger partial charge < -0.3 is 5.32 Å². The molecule has 0 saturated carbocycles. The molecule has 28 heavy (non-hydrogen) atoms. The number of hydrogen-bond donors (Lipinski definition) is 2. The van der Waals surface area contributed by atoms with Crippen molar-refractivity contribution in [2.45, 2.75) is 31.8 Å². The van der Waals surface area contributed by atoms with Crippen molar-refractivity contribution in [3.8, 4) is 0 Å². The van der Waals surface area contributed by atoms with E-state index in [-0.39, 0.29) is 17.8 Å². The second-order valence-corrected chi connectivity index (χ2v) is 6.98. The number of amides is 2. The van der Waals surface area contributed by atoms with Crippen molar-refractivity contribution in [3.63, 3.8) is 0 Å². The quantitative estimate of drug-likeness (QED) is 0.774. The van der Waals surface area contributed by atoms with E-state index in [2.05, 4.69) is 25.6 Å². The number of H-pyrrole nitrogens is 1. The Kier molecular flexibility index (Phi) is 4.72. The molecule has 9 nitrogen and oxygen atoms in total. The van der Waals surface area contributed by atoms with Gasteiger partial charge in [-0.1, -0.05) is 30.3 Å². The first-order valence-electron chi connectivity index (χ1n) is 9.25. The number of likely N-dealkylation sites (N-methyl/N-ethyl adjacent to an activating group) is 1. The van der Waals surface area contributed by atoms with Gasteiger partial charge in [0.2, 0.25) is 5.82 Å². The van der Waals surface area contributed by atoms with Crippen molar-refractivity contribution in [1.29, 1.82) is 0 Å². The average molecular weight is 380 g/mol. The summed E-state index contributed by atoms with van der Waals surface area (Å²) in [6.07, 6.45) is 2.95. The minimum atomic E-state index is -0.648. The summed E-state index contributed by atoms with van der Waals surface area (Å²) in [7, 11) is 1.70. The number of rotatable bonds is 4. The minimum absolute atomic E-state index is 0.0312. The standard InChI is InChI=1S/C19H21N7O2/c1-12-10-16-25(2)19(28)14(8-9-26(16)24-12)20-18(27)17-21-15(22-23-17)11-13-6-4-3-5-7-13/h3-7,10,12,14H,8-9,11H2,1-2H3,(H-,20,21,22,23,27)/p+1/t12?,14-/m0/s1. The van der Waals surface area contributed by atoms with Gasteiger partial charge >= 0.3 is 11.7 Å². The summed E-state index contributed by atoms with van der Waals surface area (Å²) in [5, 5.41) is 14.0. The van der Waals surface area contributed by atoms with Gasteiger partial charge in [0.25, 0.3) is 5.91 Å². The van der Waals surface area contributed by atoms with Gasteiger partial charge in [0.05, 0.1) is 7.05 Å². The van der Waals surface area contributed by atoms with Gasteiger partial charge in [-0.2, -0.15) is 4.90 Å². The third-order valence-corrected chi connectivity index (χ3v) is 4.83. The van der Waals surface area contributed by atoms with Crippen LogP contribution in [0.3, 0.4) is 0 Å². The summed E-state index contributed by atoms with van der Waals surface area (Å²) in [5.41, 5.74) is 1.07. The lowest BCUT2D eigenvalue weighted by Crippen LogP contribution is -2.46. The number of nitrogens with one attached hydrogen (secondary N) is 2. The van der Waals surface area contributed by atoms with Gasteiger partial charge in [0.15, 0.2) is 0 Å². The van der Waals surface area contributed by atoms with E-state index in [1.807, 2.05) is 48.0 Å². The Morgan fingerprint density at radius 2 is 2.14 bits per heavy atom. The molecule has 144 valence electrons. The molecular formula is C19H22N7O2+. The summed E-state index contributed by atoms with van der Waals surface area (Å²) >= 11 is 0. The molecule has 2 N–H and O–H groups in total. The fraction of sp³-hybridized carbons (Fsp3) is 0.368. The molecule has 2 atom stereocenters. The van der Waals surface area contributed by atoms with Crippen LogP contribution in [0.1, 0.15) is 35.4 Å². The highest BCUT2D eigenvalue weighted by molar-refractivity contribution is 5.95. The number of azo groups is 2. The number of aromatic amines is 1. The maximum atomic E-state index is 12.8. The van der Waals surface area contributed by atoms with Gasteiger partial charge in [-0.3, -0.25) is 9.89 Å². The third-order valence-electron chi connectivity index (χ3n) is 4.83. The molecule has 2 amide bonds. The van der Waals surface area contributed by atoms with Crippen LogP contribution in [0.2, 0.25) is 0 Å². The number of carbonyl (C=O) groups excluding carboxylic acids is 2. The molecule has 2 aliphatic rings. The lowest BCUT2D eigenvalue weighted by molar-refractivity contribution is -0.553. The summed E-state index contributed by atoms with van der Waals surface area (Å²) in [6, 6.07) is 9.20. The van der Waals surface area contributed by atoms with E-state index in [1.165, 1.54) is 0 Å². The zero-order chi connectivity index (χ0) is 19.7. The molecule has 4 rings (SSSR count). The molecule has 2 aromatic rings. The molecule has 3 heterocycles. The Morgan fingerprint density at radius 3 is 2.93 bits per heavy atom. The van der Waals surface area contributed by atoms with E-state index in [4.69, 9.17) is 0 Å². The largest absolute Gasteiger partial charge is 0.335 e. The van der Waals surface area contributed by atoms with Crippen molar-refractivity contribution in [3.05, 3.63) is 59.4 Å². The van der Waals surface area contributed by atoms with Gasteiger partial charge in [0, 0.05) is 18.9 Å². The molecule has 1 unspecified atom stereocenters. The predicted octanol–water partition coefficient (Wildman–Crippen LogP) is 1.06. The van der Waals surface area contributed by atoms with E-state index in [9.17, 15) is 9.59 Å². The van der Waals surface area contributed by atoms with Gasteiger partial charge in [-0.25, -0.2) is 9.78 Å². The fourth-order valence-electron chi connectivity index (χ4n) is 3.41. The smallest absolute Gasteiger partial charge is 0.332 e. The van der Waals surface area contributed by atoms with Crippen LogP contribution in [0, 0.1) is 0 Å². The Balaban J connectivity index is 1.43. The highest BCUT2D eigenvalue weighted by Crippen LogP contribution is 2.21. The van der Waals surface area contributed by atoms with Gasteiger partial charge in [-0.05, 0) is 12.5 Å². The average Bonchev–Trinajstić information content (AvgIpc) is 3.28.